The molecule has 6 nitrogen and oxygen atoms in total. The summed E-state index contributed by atoms with van der Waals surface area (Å²) in [5, 5.41) is 22.6. The zero-order valence-electron chi connectivity index (χ0n) is 74.9. The van der Waals surface area contributed by atoms with Gasteiger partial charge < -0.3 is 27.0 Å². The summed E-state index contributed by atoms with van der Waals surface area (Å²) >= 11 is 0. The summed E-state index contributed by atoms with van der Waals surface area (Å²) in [4.78, 5) is 0. The summed E-state index contributed by atoms with van der Waals surface area (Å²) in [6.45, 7) is 14.2. The summed E-state index contributed by atoms with van der Waals surface area (Å²) in [5.74, 6) is 0. The van der Waals surface area contributed by atoms with Crippen molar-refractivity contribution in [2.75, 3.05) is 0 Å². The van der Waals surface area contributed by atoms with E-state index < -0.39 is 0 Å². The van der Waals surface area contributed by atoms with E-state index in [0.717, 1.165) is 33.5 Å². The molecular weight excluding hydrogens is 1640 g/mol. The molecule has 0 radical (unpaired) electrons. The number of hydrogen-bond acceptors (Lipinski definition) is 3. The van der Waals surface area contributed by atoms with Gasteiger partial charge in [-0.15, -0.1) is 0 Å². The molecule has 21 aromatic carbocycles. The minimum absolute atomic E-state index is 0.0657. The van der Waals surface area contributed by atoms with E-state index >= 15 is 0 Å². The molecule has 0 spiro atoms. The molecule has 0 saturated heterocycles. The van der Waals surface area contributed by atoms with Crippen LogP contribution in [0.1, 0.15) is 74.9 Å². The first kappa shape index (κ1) is 73.9. The molecule has 0 bridgehead atoms. The molecule has 6 heterocycles. The standard InChI is InChI=1S/3C43H27NO/c1-43(2)33-15-6-3-10-24(33)31-22-32-25-11-4-7-16-35(25)44(37(32)23-34(31)43)36-20-18-26-27-19-21-39-42(29-12-5-8-17-38(29)45-39)41(27)30-14-9-13-28(36)40(26)30;1-43(2)34-15-6-3-10-24(34)32-22-33-25-11-4-7-16-36(25)44(38(33)23-35(32)43)37-21-20-27-28-18-19-29-26-12-5-8-17-39(26)45-42(29)41(28)31-14-9-13-30(37)40(27)31;1-43(2)34-15-6-3-10-24(34)32-22-33-25-11-4-7-16-36(25)44(38(33)23-35(32)43)37-21-20-31-40-27(13-9-14-30(37)40)28-18-19-29-26-12-5-8-17-39(26)45-42(29)41(28)31/h3*3-23H,1-2H3. The van der Waals surface area contributed by atoms with Crippen LogP contribution in [-0.2, 0) is 16.2 Å². The first-order chi connectivity index (χ1) is 66.3. The molecular formula is C129H81N3O3. The maximum Gasteiger partial charge on any atom is 0.143 e. The van der Waals surface area contributed by atoms with E-state index in [9.17, 15) is 0 Å². The molecule has 0 unspecified atom stereocenters. The number of aromatic nitrogens is 3. The van der Waals surface area contributed by atoms with E-state index in [1.807, 2.05) is 18.2 Å². The lowest BCUT2D eigenvalue weighted by atomic mass is 9.82. The van der Waals surface area contributed by atoms with Gasteiger partial charge in [-0.2, -0.15) is 0 Å². The quantitative estimate of drug-likeness (QED) is 0.177. The van der Waals surface area contributed by atoms with Gasteiger partial charge in [0.15, 0.2) is 0 Å². The van der Waals surface area contributed by atoms with Gasteiger partial charge in [0.05, 0.1) is 50.2 Å². The summed E-state index contributed by atoms with van der Waals surface area (Å²) in [7, 11) is 0. The fourth-order valence-electron chi connectivity index (χ4n) is 26.2. The number of furan rings is 3. The highest BCUT2D eigenvalue weighted by atomic mass is 16.3. The van der Waals surface area contributed by atoms with Gasteiger partial charge in [0, 0.05) is 114 Å². The van der Waals surface area contributed by atoms with Gasteiger partial charge in [0.25, 0.3) is 0 Å². The molecule has 6 heteroatoms. The lowest BCUT2D eigenvalue weighted by molar-refractivity contribution is 0.661. The fraction of sp³-hybridized carbons (Fsp3) is 0.0698. The van der Waals surface area contributed by atoms with Crippen molar-refractivity contribution in [3.63, 3.8) is 0 Å². The van der Waals surface area contributed by atoms with Crippen LogP contribution in [-0.4, -0.2) is 13.7 Å². The Labute approximate surface area is 775 Å². The second-order valence-electron chi connectivity index (χ2n) is 39.8. The summed E-state index contributed by atoms with van der Waals surface area (Å²) in [5.41, 5.74) is 48.3. The van der Waals surface area contributed by atoms with Gasteiger partial charge in [-0.25, -0.2) is 0 Å². The smallest absolute Gasteiger partial charge is 0.143 e. The Hall–Kier alpha value is -16.8. The van der Waals surface area contributed by atoms with Gasteiger partial charge in [-0.1, -0.05) is 308 Å². The Kier molecular flexibility index (Phi) is 14.2. The highest BCUT2D eigenvalue weighted by Crippen LogP contribution is 2.61. The molecule has 630 valence electrons. The molecule has 0 saturated carbocycles. The third kappa shape index (κ3) is 9.43. The zero-order chi connectivity index (χ0) is 88.8. The van der Waals surface area contributed by atoms with Crippen molar-refractivity contribution in [2.45, 2.75) is 57.8 Å². The third-order valence-corrected chi connectivity index (χ3v) is 32.2. The summed E-state index contributed by atoms with van der Waals surface area (Å²) in [6.07, 6.45) is 0. The topological polar surface area (TPSA) is 54.2 Å². The second kappa shape index (κ2) is 25.9. The molecule has 6 aliphatic rings. The predicted molar refractivity (Wildman–Crippen MR) is 563 cm³/mol. The minimum atomic E-state index is -0.0665. The maximum atomic E-state index is 6.56. The lowest BCUT2D eigenvalue weighted by Gasteiger charge is -2.22. The highest BCUT2D eigenvalue weighted by Gasteiger charge is 2.42. The zero-order valence-corrected chi connectivity index (χ0v) is 74.9. The van der Waals surface area contributed by atoms with Crippen molar-refractivity contribution in [2.24, 2.45) is 0 Å². The van der Waals surface area contributed by atoms with Gasteiger partial charge >= 0.3 is 0 Å². The molecule has 0 amide bonds. The molecule has 0 fully saturated rings. The van der Waals surface area contributed by atoms with E-state index in [1.54, 1.807) is 0 Å². The van der Waals surface area contributed by atoms with Crippen molar-refractivity contribution in [1.29, 1.82) is 0 Å². The minimum Gasteiger partial charge on any atom is -0.456 e. The molecule has 135 heavy (non-hydrogen) atoms. The molecule has 0 aliphatic heterocycles. The van der Waals surface area contributed by atoms with Gasteiger partial charge in [-0.3, -0.25) is 0 Å². The van der Waals surface area contributed by atoms with E-state index in [4.69, 9.17) is 13.3 Å². The number of fused-ring (bicyclic) bond motifs is 39. The SMILES string of the molecule is CC1(C)c2ccccc2-c2cc3c4ccccc4n(-c4ccc5c6c(cccc46)-c4c-5ccc5c4oc4ccccc45)c3cc21.CC1(C)c2ccccc2-c2cc3c4ccccc4n(-c4ccc5c6c(cccc46)-c4c-5ccc5oc6ccccc6c45)c3cc21.CC1(C)c2ccccc2-c2cc3c4ccccc4n(-c4ccc5c6c(cccc46)-c4ccc6c(oc7ccccc76)c4-5)c3cc21. The van der Waals surface area contributed by atoms with Crippen molar-refractivity contribution < 1.29 is 13.3 Å². The van der Waals surface area contributed by atoms with E-state index in [2.05, 4.69) is 419 Å². The van der Waals surface area contributed by atoms with Crippen molar-refractivity contribution >= 4 is 164 Å². The van der Waals surface area contributed by atoms with E-state index in [1.165, 1.54) is 281 Å². The second-order valence-corrected chi connectivity index (χ2v) is 39.8. The van der Waals surface area contributed by atoms with E-state index in [0.29, 0.717) is 0 Å². The number of para-hydroxylation sites is 6. The van der Waals surface area contributed by atoms with Crippen LogP contribution in [0.3, 0.4) is 0 Å². The Bertz CT molecular complexity index is 9850. The lowest BCUT2D eigenvalue weighted by Crippen LogP contribution is -2.15. The number of benzene rings is 21. The van der Waals surface area contributed by atoms with Crippen molar-refractivity contribution in [1.82, 2.24) is 13.7 Å². The third-order valence-electron chi connectivity index (χ3n) is 32.2. The van der Waals surface area contributed by atoms with Crippen molar-refractivity contribution in [3.8, 4) is 117 Å². The molecule has 33 rings (SSSR count). The highest BCUT2D eigenvalue weighted by molar-refractivity contribution is 6.30. The number of rotatable bonds is 3. The van der Waals surface area contributed by atoms with E-state index in [-0.39, 0.29) is 16.2 Å². The van der Waals surface area contributed by atoms with Crippen molar-refractivity contribution in [3.05, 3.63) is 416 Å². The Morgan fingerprint density at radius 2 is 0.459 bits per heavy atom. The molecule has 0 N–H and O–H groups in total. The Balaban J connectivity index is 0.0000000945. The fourth-order valence-corrected chi connectivity index (χ4v) is 26.2. The normalized spacial score (nSPS) is 14.2. The molecule has 6 aliphatic carbocycles. The van der Waals surface area contributed by atoms with Crippen LogP contribution in [0.5, 0.6) is 0 Å². The number of nitrogens with zero attached hydrogens (tertiary/aromatic N) is 3. The summed E-state index contributed by atoms with van der Waals surface area (Å²) < 4.78 is 27.0. The van der Waals surface area contributed by atoms with Crippen LogP contribution in [0.2, 0.25) is 0 Å². The molecule has 27 aromatic rings. The first-order valence-corrected chi connectivity index (χ1v) is 47.3. The van der Waals surface area contributed by atoms with Crippen LogP contribution < -0.4 is 0 Å². The van der Waals surface area contributed by atoms with Crippen LogP contribution in [0.15, 0.2) is 395 Å². The number of hydrogen-bond donors (Lipinski definition) is 0. The summed E-state index contributed by atoms with van der Waals surface area (Å²) in [6, 6.07) is 141. The van der Waals surface area contributed by atoms with Gasteiger partial charge in [-0.05, 0) is 248 Å². The maximum absolute atomic E-state index is 6.56. The van der Waals surface area contributed by atoms with Gasteiger partial charge in [0.2, 0.25) is 0 Å². The largest absolute Gasteiger partial charge is 0.456 e. The monoisotopic (exact) mass is 1720 g/mol. The average molecular weight is 1720 g/mol. The Morgan fingerprint density at radius 3 is 0.881 bits per heavy atom. The van der Waals surface area contributed by atoms with Gasteiger partial charge in [0.1, 0.15) is 33.5 Å². The van der Waals surface area contributed by atoms with Crippen LogP contribution in [0.25, 0.3) is 281 Å². The predicted octanol–water partition coefficient (Wildman–Crippen LogP) is 35.4. The first-order valence-electron chi connectivity index (χ1n) is 47.3. The molecule has 6 aromatic heterocycles. The van der Waals surface area contributed by atoms with Crippen LogP contribution in [0, 0.1) is 0 Å². The average Bonchev–Trinajstić information content (AvgIpc) is 1.54. The van der Waals surface area contributed by atoms with Crippen LogP contribution in [0.4, 0.5) is 0 Å². The Morgan fingerprint density at radius 1 is 0.163 bits per heavy atom. The van der Waals surface area contributed by atoms with Crippen LogP contribution >= 0.6 is 0 Å². The molecule has 0 atom stereocenters.